The van der Waals surface area contributed by atoms with Gasteiger partial charge in [-0.15, -0.1) is 0 Å². The van der Waals surface area contributed by atoms with Crippen LogP contribution in [0.1, 0.15) is 39.7 Å². The zero-order valence-electron chi connectivity index (χ0n) is 11.1. The number of hydrogen-bond donors (Lipinski definition) is 2. The number of aromatic nitrogens is 2. The summed E-state index contributed by atoms with van der Waals surface area (Å²) in [7, 11) is 0. The SMILES string of the molecule is CCCNC(C)(CC(C)n1cc(I)cn1)C(N)=O. The van der Waals surface area contributed by atoms with Crippen LogP contribution in [-0.4, -0.2) is 27.8 Å². The second-order valence-electron chi connectivity index (χ2n) is 4.81. The van der Waals surface area contributed by atoms with Gasteiger partial charge >= 0.3 is 0 Å². The Labute approximate surface area is 122 Å². The fourth-order valence-electron chi connectivity index (χ4n) is 1.90. The molecule has 5 nitrogen and oxygen atoms in total. The monoisotopic (exact) mass is 364 g/mol. The Balaban J connectivity index is 2.74. The van der Waals surface area contributed by atoms with E-state index in [1.807, 2.05) is 24.7 Å². The number of halogens is 1. The van der Waals surface area contributed by atoms with Gasteiger partial charge in [0.25, 0.3) is 0 Å². The molecule has 0 aliphatic carbocycles. The normalized spacial score (nSPS) is 16.2. The van der Waals surface area contributed by atoms with Crippen LogP contribution in [0, 0.1) is 3.57 Å². The van der Waals surface area contributed by atoms with Crippen molar-refractivity contribution in [1.29, 1.82) is 0 Å². The van der Waals surface area contributed by atoms with Gasteiger partial charge in [0.2, 0.25) is 5.91 Å². The highest BCUT2D eigenvalue weighted by atomic mass is 127. The molecule has 2 unspecified atom stereocenters. The second-order valence-corrected chi connectivity index (χ2v) is 6.06. The van der Waals surface area contributed by atoms with Crippen LogP contribution in [0.4, 0.5) is 0 Å². The number of nitrogens with two attached hydrogens (primary N) is 1. The van der Waals surface area contributed by atoms with Gasteiger partial charge in [-0.05, 0) is 55.8 Å². The van der Waals surface area contributed by atoms with Gasteiger partial charge in [0.05, 0.1) is 21.3 Å². The Hall–Kier alpha value is -0.630. The molecule has 3 N–H and O–H groups in total. The van der Waals surface area contributed by atoms with Gasteiger partial charge in [0.1, 0.15) is 0 Å². The minimum atomic E-state index is -0.688. The van der Waals surface area contributed by atoms with Crippen LogP contribution in [0.3, 0.4) is 0 Å². The predicted octanol–water partition coefficient (Wildman–Crippen LogP) is 1.68. The van der Waals surface area contributed by atoms with Gasteiger partial charge in [-0.25, -0.2) is 0 Å². The number of hydrogen-bond acceptors (Lipinski definition) is 3. The third kappa shape index (κ3) is 3.94. The summed E-state index contributed by atoms with van der Waals surface area (Å²) in [5.41, 5.74) is 4.82. The van der Waals surface area contributed by atoms with E-state index >= 15 is 0 Å². The lowest BCUT2D eigenvalue weighted by Crippen LogP contribution is -2.54. The van der Waals surface area contributed by atoms with Crippen LogP contribution in [-0.2, 0) is 4.79 Å². The van der Waals surface area contributed by atoms with Crippen molar-refractivity contribution in [2.45, 2.75) is 45.2 Å². The van der Waals surface area contributed by atoms with Crippen LogP contribution in [0.5, 0.6) is 0 Å². The zero-order valence-corrected chi connectivity index (χ0v) is 13.3. The number of primary amides is 1. The molecule has 1 aromatic rings. The van der Waals surface area contributed by atoms with Gasteiger partial charge in [-0.1, -0.05) is 6.92 Å². The largest absolute Gasteiger partial charge is 0.368 e. The average Bonchev–Trinajstić information content (AvgIpc) is 2.73. The number of amides is 1. The van der Waals surface area contributed by atoms with Crippen molar-refractivity contribution in [2.75, 3.05) is 6.54 Å². The number of nitrogens with one attached hydrogen (secondary N) is 1. The Morgan fingerprint density at radius 1 is 1.72 bits per heavy atom. The van der Waals surface area contributed by atoms with Crippen LogP contribution in [0.25, 0.3) is 0 Å². The first-order valence-electron chi connectivity index (χ1n) is 6.13. The molecule has 1 heterocycles. The highest BCUT2D eigenvalue weighted by Crippen LogP contribution is 2.21. The molecule has 0 fully saturated rings. The van der Waals surface area contributed by atoms with Gasteiger partial charge in [-0.2, -0.15) is 5.10 Å². The Bertz CT molecular complexity index is 407. The molecule has 0 aliphatic rings. The fraction of sp³-hybridized carbons (Fsp3) is 0.667. The van der Waals surface area contributed by atoms with Gasteiger partial charge in [0.15, 0.2) is 0 Å². The van der Waals surface area contributed by atoms with Crippen molar-refractivity contribution in [3.8, 4) is 0 Å². The summed E-state index contributed by atoms with van der Waals surface area (Å²) in [6, 6.07) is 0.121. The molecule has 2 atom stereocenters. The van der Waals surface area contributed by atoms with Crippen molar-refractivity contribution >= 4 is 28.5 Å². The van der Waals surface area contributed by atoms with E-state index in [1.54, 1.807) is 6.20 Å². The van der Waals surface area contributed by atoms with Crippen LogP contribution in [0.2, 0.25) is 0 Å². The molecule has 6 heteroatoms. The van der Waals surface area contributed by atoms with E-state index in [1.165, 1.54) is 0 Å². The molecule has 1 amide bonds. The quantitative estimate of drug-likeness (QED) is 0.724. The molecular formula is C12H21IN4O. The molecule has 0 aliphatic heterocycles. The summed E-state index contributed by atoms with van der Waals surface area (Å²) in [5.74, 6) is -0.315. The highest BCUT2D eigenvalue weighted by Gasteiger charge is 2.32. The number of nitrogens with zero attached hydrogens (tertiary/aromatic N) is 2. The Morgan fingerprint density at radius 2 is 2.39 bits per heavy atom. The van der Waals surface area contributed by atoms with E-state index in [2.05, 4.69) is 39.9 Å². The van der Waals surface area contributed by atoms with Gasteiger partial charge < -0.3 is 11.1 Å². The number of carbonyl (C=O) groups is 1. The second kappa shape index (κ2) is 6.51. The summed E-state index contributed by atoms with van der Waals surface area (Å²) in [4.78, 5) is 11.6. The zero-order chi connectivity index (χ0) is 13.8. The third-order valence-electron chi connectivity index (χ3n) is 3.03. The first-order valence-corrected chi connectivity index (χ1v) is 7.21. The van der Waals surface area contributed by atoms with Crippen molar-refractivity contribution in [1.82, 2.24) is 15.1 Å². The lowest BCUT2D eigenvalue weighted by Gasteiger charge is -2.30. The molecule has 102 valence electrons. The first kappa shape index (κ1) is 15.4. The maximum absolute atomic E-state index is 11.6. The van der Waals surface area contributed by atoms with Crippen molar-refractivity contribution in [2.24, 2.45) is 5.73 Å². The highest BCUT2D eigenvalue weighted by molar-refractivity contribution is 14.1. The fourth-order valence-corrected chi connectivity index (χ4v) is 2.31. The smallest absolute Gasteiger partial charge is 0.237 e. The minimum absolute atomic E-state index is 0.121. The van der Waals surface area contributed by atoms with Crippen LogP contribution in [0.15, 0.2) is 12.4 Å². The van der Waals surface area contributed by atoms with Crippen molar-refractivity contribution in [3.05, 3.63) is 16.0 Å². The molecule has 18 heavy (non-hydrogen) atoms. The summed E-state index contributed by atoms with van der Waals surface area (Å²) in [6.07, 6.45) is 5.36. The molecular weight excluding hydrogens is 343 g/mol. The van der Waals surface area contributed by atoms with Gasteiger partial charge in [0, 0.05) is 6.20 Å². The summed E-state index contributed by atoms with van der Waals surface area (Å²) in [6.45, 7) is 6.74. The third-order valence-corrected chi connectivity index (χ3v) is 3.59. The molecule has 1 rings (SSSR count). The van der Waals surface area contributed by atoms with E-state index in [9.17, 15) is 4.79 Å². The van der Waals surface area contributed by atoms with Crippen LogP contribution < -0.4 is 11.1 Å². The molecule has 0 radical (unpaired) electrons. The average molecular weight is 364 g/mol. The summed E-state index contributed by atoms with van der Waals surface area (Å²) >= 11 is 2.22. The topological polar surface area (TPSA) is 72.9 Å². The molecule has 0 saturated heterocycles. The van der Waals surface area contributed by atoms with E-state index in [0.29, 0.717) is 6.42 Å². The van der Waals surface area contributed by atoms with Crippen molar-refractivity contribution < 1.29 is 4.79 Å². The molecule has 0 saturated carbocycles. The maximum atomic E-state index is 11.6. The molecule has 1 aromatic heterocycles. The standard InChI is InChI=1S/C12H21IN4O/c1-4-5-15-12(3,11(14)18)6-9(2)17-8-10(13)7-16-17/h7-9,15H,4-6H2,1-3H3,(H2,14,18). The molecule has 0 spiro atoms. The predicted molar refractivity (Wildman–Crippen MR) is 80.2 cm³/mol. The minimum Gasteiger partial charge on any atom is -0.368 e. The van der Waals surface area contributed by atoms with Crippen LogP contribution >= 0.6 is 22.6 Å². The number of carbonyl (C=O) groups excluding carboxylic acids is 1. The lowest BCUT2D eigenvalue weighted by atomic mass is 9.92. The maximum Gasteiger partial charge on any atom is 0.237 e. The molecule has 0 bridgehead atoms. The Kier molecular flexibility index (Phi) is 5.58. The first-order chi connectivity index (χ1) is 8.39. The van der Waals surface area contributed by atoms with E-state index in [-0.39, 0.29) is 11.9 Å². The summed E-state index contributed by atoms with van der Waals surface area (Å²) in [5, 5.41) is 7.50. The van der Waals surface area contributed by atoms with Crippen molar-refractivity contribution in [3.63, 3.8) is 0 Å². The summed E-state index contributed by atoms with van der Waals surface area (Å²) < 4.78 is 2.96. The number of rotatable bonds is 7. The Morgan fingerprint density at radius 3 is 2.83 bits per heavy atom. The molecule has 0 aromatic carbocycles. The van der Waals surface area contributed by atoms with E-state index in [4.69, 9.17) is 5.73 Å². The van der Waals surface area contributed by atoms with E-state index in [0.717, 1.165) is 16.5 Å². The van der Waals surface area contributed by atoms with Gasteiger partial charge in [-0.3, -0.25) is 9.48 Å². The van der Waals surface area contributed by atoms with E-state index < -0.39 is 5.54 Å². The lowest BCUT2D eigenvalue weighted by molar-refractivity contribution is -0.124.